The van der Waals surface area contributed by atoms with Crippen molar-refractivity contribution in [3.63, 3.8) is 0 Å². The van der Waals surface area contributed by atoms with E-state index in [1.54, 1.807) is 0 Å². The van der Waals surface area contributed by atoms with Crippen LogP contribution in [-0.2, 0) is 14.8 Å². The Balaban J connectivity index is 3.82. The van der Waals surface area contributed by atoms with Crippen LogP contribution in [-0.4, -0.2) is 32.7 Å². The van der Waals surface area contributed by atoms with Crippen molar-refractivity contribution < 1.29 is 13.2 Å². The fourth-order valence-corrected chi connectivity index (χ4v) is 1.66. The first-order valence-corrected chi connectivity index (χ1v) is 7.03. The predicted molar refractivity (Wildman–Crippen MR) is 63.0 cm³/mol. The van der Waals surface area contributed by atoms with E-state index in [9.17, 15) is 13.2 Å². The minimum Gasteiger partial charge on any atom is -0.355 e. The van der Waals surface area contributed by atoms with Crippen molar-refractivity contribution in [2.24, 2.45) is 16.8 Å². The molecule has 0 rings (SSSR count). The molecule has 7 heteroatoms. The van der Waals surface area contributed by atoms with Gasteiger partial charge in [-0.3, -0.25) is 4.79 Å². The lowest BCUT2D eigenvalue weighted by atomic mass is 9.99. The van der Waals surface area contributed by atoms with E-state index >= 15 is 0 Å². The van der Waals surface area contributed by atoms with Gasteiger partial charge in [0.1, 0.15) is 0 Å². The Labute approximate surface area is 96.8 Å². The number of rotatable bonds is 7. The van der Waals surface area contributed by atoms with Crippen molar-refractivity contribution in [3.8, 4) is 0 Å². The number of carbonyl (C=O) groups excluding carboxylic acids is 1. The SMILES string of the molecule is CCC(C)C(N)C(=O)NCCCS(N)(=O)=O. The van der Waals surface area contributed by atoms with Gasteiger partial charge in [0.2, 0.25) is 15.9 Å². The summed E-state index contributed by atoms with van der Waals surface area (Å²) >= 11 is 0. The fourth-order valence-electron chi connectivity index (χ4n) is 1.12. The third kappa shape index (κ3) is 6.76. The normalized spacial score (nSPS) is 15.5. The summed E-state index contributed by atoms with van der Waals surface area (Å²) in [4.78, 5) is 11.5. The standard InChI is InChI=1S/C9H21N3O3S/c1-3-7(2)8(10)9(13)12-5-4-6-16(11,14)15/h7-8H,3-6,10H2,1-2H3,(H,12,13)(H2,11,14,15). The van der Waals surface area contributed by atoms with Crippen molar-refractivity contribution >= 4 is 15.9 Å². The molecule has 0 spiro atoms. The molecule has 2 atom stereocenters. The summed E-state index contributed by atoms with van der Waals surface area (Å²) in [5.41, 5.74) is 5.68. The average Bonchev–Trinajstić information content (AvgIpc) is 2.20. The Kier molecular flexibility index (Phi) is 6.54. The summed E-state index contributed by atoms with van der Waals surface area (Å²) in [7, 11) is -3.45. The number of nitrogens with two attached hydrogens (primary N) is 2. The van der Waals surface area contributed by atoms with E-state index in [1.807, 2.05) is 13.8 Å². The zero-order chi connectivity index (χ0) is 12.8. The zero-order valence-corrected chi connectivity index (χ0v) is 10.6. The third-order valence-corrected chi connectivity index (χ3v) is 3.32. The van der Waals surface area contributed by atoms with Crippen molar-refractivity contribution in [1.29, 1.82) is 0 Å². The summed E-state index contributed by atoms with van der Waals surface area (Å²) in [6.07, 6.45) is 1.13. The molecule has 16 heavy (non-hydrogen) atoms. The monoisotopic (exact) mass is 251 g/mol. The molecule has 0 heterocycles. The van der Waals surface area contributed by atoms with Crippen LogP contribution in [0.2, 0.25) is 0 Å². The maximum absolute atomic E-state index is 11.5. The highest BCUT2D eigenvalue weighted by molar-refractivity contribution is 7.89. The van der Waals surface area contributed by atoms with Crippen LogP contribution in [0.4, 0.5) is 0 Å². The molecule has 0 aromatic heterocycles. The summed E-state index contributed by atoms with van der Waals surface area (Å²) in [6.45, 7) is 4.13. The molecule has 0 aromatic carbocycles. The lowest BCUT2D eigenvalue weighted by Crippen LogP contribution is -2.45. The number of sulfonamides is 1. The summed E-state index contributed by atoms with van der Waals surface area (Å²) < 4.78 is 21.2. The van der Waals surface area contributed by atoms with Crippen LogP contribution in [0.25, 0.3) is 0 Å². The molecule has 5 N–H and O–H groups in total. The quantitative estimate of drug-likeness (QED) is 0.511. The second-order valence-electron chi connectivity index (χ2n) is 3.92. The van der Waals surface area contributed by atoms with Crippen molar-refractivity contribution in [3.05, 3.63) is 0 Å². The van der Waals surface area contributed by atoms with E-state index in [2.05, 4.69) is 5.32 Å². The first-order valence-electron chi connectivity index (χ1n) is 5.31. The lowest BCUT2D eigenvalue weighted by Gasteiger charge is -2.17. The largest absolute Gasteiger partial charge is 0.355 e. The van der Waals surface area contributed by atoms with Gasteiger partial charge in [-0.2, -0.15) is 0 Å². The van der Waals surface area contributed by atoms with Gasteiger partial charge in [0.25, 0.3) is 0 Å². The maximum atomic E-state index is 11.5. The Bertz CT molecular complexity index is 316. The van der Waals surface area contributed by atoms with Gasteiger partial charge >= 0.3 is 0 Å². The third-order valence-electron chi connectivity index (χ3n) is 2.46. The number of nitrogens with one attached hydrogen (secondary N) is 1. The molecule has 0 radical (unpaired) electrons. The van der Waals surface area contributed by atoms with E-state index in [-0.39, 0.29) is 24.1 Å². The van der Waals surface area contributed by atoms with E-state index < -0.39 is 16.1 Å². The van der Waals surface area contributed by atoms with Gasteiger partial charge in [-0.05, 0) is 12.3 Å². The second-order valence-corrected chi connectivity index (χ2v) is 5.66. The highest BCUT2D eigenvalue weighted by Gasteiger charge is 2.18. The first-order chi connectivity index (χ1) is 7.28. The van der Waals surface area contributed by atoms with Crippen molar-refractivity contribution in [2.75, 3.05) is 12.3 Å². The van der Waals surface area contributed by atoms with Crippen LogP contribution >= 0.6 is 0 Å². The van der Waals surface area contributed by atoms with Gasteiger partial charge in [0.15, 0.2) is 0 Å². The molecule has 0 aliphatic heterocycles. The number of primary sulfonamides is 1. The predicted octanol–water partition coefficient (Wildman–Crippen LogP) is -0.845. The number of amides is 1. The van der Waals surface area contributed by atoms with E-state index in [0.29, 0.717) is 6.42 Å². The molecule has 0 saturated carbocycles. The minimum absolute atomic E-state index is 0.109. The highest BCUT2D eigenvalue weighted by Crippen LogP contribution is 2.04. The van der Waals surface area contributed by atoms with E-state index in [4.69, 9.17) is 10.9 Å². The van der Waals surface area contributed by atoms with Crippen molar-refractivity contribution in [1.82, 2.24) is 5.32 Å². The molecule has 0 fully saturated rings. The van der Waals surface area contributed by atoms with Gasteiger partial charge in [-0.25, -0.2) is 13.6 Å². The smallest absolute Gasteiger partial charge is 0.237 e. The Hall–Kier alpha value is -0.660. The molecule has 2 unspecified atom stereocenters. The summed E-state index contributed by atoms with van der Waals surface area (Å²) in [6, 6.07) is -0.542. The topological polar surface area (TPSA) is 115 Å². The number of carbonyl (C=O) groups is 1. The van der Waals surface area contributed by atoms with Gasteiger partial charge in [-0.15, -0.1) is 0 Å². The van der Waals surface area contributed by atoms with Crippen molar-refractivity contribution in [2.45, 2.75) is 32.7 Å². The van der Waals surface area contributed by atoms with Crippen LogP contribution in [0, 0.1) is 5.92 Å². The van der Waals surface area contributed by atoms with Crippen LogP contribution < -0.4 is 16.2 Å². The van der Waals surface area contributed by atoms with Gasteiger partial charge in [-0.1, -0.05) is 20.3 Å². The molecule has 0 aromatic rings. The van der Waals surface area contributed by atoms with Crippen LogP contribution in [0.15, 0.2) is 0 Å². The molecule has 6 nitrogen and oxygen atoms in total. The molecular formula is C9H21N3O3S. The Morgan fingerprint density at radius 2 is 2.00 bits per heavy atom. The molecule has 1 amide bonds. The van der Waals surface area contributed by atoms with Crippen LogP contribution in [0.3, 0.4) is 0 Å². The Morgan fingerprint density at radius 1 is 1.44 bits per heavy atom. The second kappa shape index (κ2) is 6.82. The molecule has 96 valence electrons. The van der Waals surface area contributed by atoms with E-state index in [1.165, 1.54) is 0 Å². The maximum Gasteiger partial charge on any atom is 0.237 e. The first kappa shape index (κ1) is 15.3. The molecular weight excluding hydrogens is 230 g/mol. The molecule has 0 saturated heterocycles. The molecule has 0 aliphatic carbocycles. The average molecular weight is 251 g/mol. The van der Waals surface area contributed by atoms with E-state index in [0.717, 1.165) is 6.42 Å². The number of hydrogen-bond acceptors (Lipinski definition) is 4. The van der Waals surface area contributed by atoms with Crippen LogP contribution in [0.5, 0.6) is 0 Å². The van der Waals surface area contributed by atoms with Gasteiger partial charge in [0, 0.05) is 6.54 Å². The zero-order valence-electron chi connectivity index (χ0n) is 9.77. The van der Waals surface area contributed by atoms with Crippen LogP contribution in [0.1, 0.15) is 26.7 Å². The Morgan fingerprint density at radius 3 is 2.44 bits per heavy atom. The lowest BCUT2D eigenvalue weighted by molar-refractivity contribution is -0.123. The van der Waals surface area contributed by atoms with Gasteiger partial charge in [0.05, 0.1) is 11.8 Å². The molecule has 0 aliphatic rings. The number of hydrogen-bond donors (Lipinski definition) is 3. The van der Waals surface area contributed by atoms with Gasteiger partial charge < -0.3 is 11.1 Å². The fraction of sp³-hybridized carbons (Fsp3) is 0.889. The summed E-state index contributed by atoms with van der Waals surface area (Å²) in [5, 5.41) is 7.40. The summed E-state index contributed by atoms with van der Waals surface area (Å²) in [5.74, 6) is -0.270. The minimum atomic E-state index is -3.45. The molecule has 0 bridgehead atoms. The highest BCUT2D eigenvalue weighted by atomic mass is 32.2.